The Bertz CT molecular complexity index is 943. The molecular formula is C22H23F2N3O3. The SMILES string of the molecule is O=C(CNC(=O)c1ccccc1F)Nc1ccc(F)c(NC(=O)C2CCCCC2)c1. The first-order chi connectivity index (χ1) is 14.4. The minimum absolute atomic E-state index is 0.0150. The quantitative estimate of drug-likeness (QED) is 0.670. The zero-order chi connectivity index (χ0) is 21.5. The van der Waals surface area contributed by atoms with Crippen LogP contribution in [0.2, 0.25) is 0 Å². The van der Waals surface area contributed by atoms with Crippen LogP contribution in [0.25, 0.3) is 0 Å². The first-order valence-corrected chi connectivity index (χ1v) is 9.87. The number of rotatable bonds is 6. The summed E-state index contributed by atoms with van der Waals surface area (Å²) in [6, 6.07) is 9.25. The minimum atomic E-state index is -0.720. The molecule has 0 saturated heterocycles. The molecule has 0 aliphatic heterocycles. The molecule has 0 unspecified atom stereocenters. The van der Waals surface area contributed by atoms with E-state index < -0.39 is 30.0 Å². The Balaban J connectivity index is 1.56. The van der Waals surface area contributed by atoms with Crippen molar-refractivity contribution in [2.24, 2.45) is 5.92 Å². The summed E-state index contributed by atoms with van der Waals surface area (Å²) in [7, 11) is 0. The average molecular weight is 415 g/mol. The van der Waals surface area contributed by atoms with Crippen molar-refractivity contribution in [3.05, 3.63) is 59.7 Å². The highest BCUT2D eigenvalue weighted by Crippen LogP contribution is 2.26. The number of amides is 3. The van der Waals surface area contributed by atoms with E-state index in [0.29, 0.717) is 0 Å². The number of benzene rings is 2. The Morgan fingerprint density at radius 2 is 1.63 bits per heavy atom. The summed E-state index contributed by atoms with van der Waals surface area (Å²) in [6.07, 6.45) is 4.63. The molecule has 0 aromatic heterocycles. The van der Waals surface area contributed by atoms with Gasteiger partial charge < -0.3 is 16.0 Å². The van der Waals surface area contributed by atoms with Gasteiger partial charge in [0.2, 0.25) is 11.8 Å². The van der Waals surface area contributed by atoms with Gasteiger partial charge in [-0.05, 0) is 43.2 Å². The summed E-state index contributed by atoms with van der Waals surface area (Å²) in [4.78, 5) is 36.4. The Hall–Kier alpha value is -3.29. The van der Waals surface area contributed by atoms with Crippen LogP contribution in [0.4, 0.5) is 20.2 Å². The third-order valence-electron chi connectivity index (χ3n) is 5.01. The van der Waals surface area contributed by atoms with Crippen LogP contribution in [-0.2, 0) is 9.59 Å². The molecule has 0 heterocycles. The van der Waals surface area contributed by atoms with Crippen molar-refractivity contribution in [1.82, 2.24) is 5.32 Å². The van der Waals surface area contributed by atoms with Crippen LogP contribution in [0.1, 0.15) is 42.5 Å². The molecule has 158 valence electrons. The molecule has 30 heavy (non-hydrogen) atoms. The van der Waals surface area contributed by atoms with E-state index in [9.17, 15) is 23.2 Å². The zero-order valence-electron chi connectivity index (χ0n) is 16.3. The third kappa shape index (κ3) is 5.62. The van der Waals surface area contributed by atoms with Crippen LogP contribution in [0.15, 0.2) is 42.5 Å². The molecule has 6 nitrogen and oxygen atoms in total. The monoisotopic (exact) mass is 415 g/mol. The van der Waals surface area contributed by atoms with Crippen molar-refractivity contribution in [2.45, 2.75) is 32.1 Å². The number of halogens is 2. The van der Waals surface area contributed by atoms with E-state index in [1.807, 2.05) is 0 Å². The maximum absolute atomic E-state index is 14.1. The van der Waals surface area contributed by atoms with E-state index >= 15 is 0 Å². The Morgan fingerprint density at radius 1 is 0.900 bits per heavy atom. The van der Waals surface area contributed by atoms with Crippen molar-refractivity contribution in [1.29, 1.82) is 0 Å². The van der Waals surface area contributed by atoms with Crippen LogP contribution >= 0.6 is 0 Å². The third-order valence-corrected chi connectivity index (χ3v) is 5.01. The van der Waals surface area contributed by atoms with Gasteiger partial charge in [-0.3, -0.25) is 14.4 Å². The minimum Gasteiger partial charge on any atom is -0.343 e. The highest BCUT2D eigenvalue weighted by Gasteiger charge is 2.22. The summed E-state index contributed by atoms with van der Waals surface area (Å²) in [5.41, 5.74) is 0.0824. The van der Waals surface area contributed by atoms with Crippen molar-refractivity contribution in [3.63, 3.8) is 0 Å². The second-order valence-electron chi connectivity index (χ2n) is 7.23. The van der Waals surface area contributed by atoms with Crippen LogP contribution in [0.5, 0.6) is 0 Å². The highest BCUT2D eigenvalue weighted by atomic mass is 19.1. The molecule has 1 aliphatic carbocycles. The van der Waals surface area contributed by atoms with Crippen molar-refractivity contribution < 1.29 is 23.2 Å². The molecule has 8 heteroatoms. The molecule has 1 fully saturated rings. The van der Waals surface area contributed by atoms with Crippen LogP contribution < -0.4 is 16.0 Å². The number of carbonyl (C=O) groups excluding carboxylic acids is 3. The van der Waals surface area contributed by atoms with Crippen molar-refractivity contribution in [3.8, 4) is 0 Å². The van der Waals surface area contributed by atoms with Crippen LogP contribution in [-0.4, -0.2) is 24.3 Å². The Labute approximate surface area is 173 Å². The van der Waals surface area contributed by atoms with E-state index in [0.717, 1.165) is 44.2 Å². The second-order valence-corrected chi connectivity index (χ2v) is 7.23. The normalized spacial score (nSPS) is 14.1. The first kappa shape index (κ1) is 21.4. The maximum Gasteiger partial charge on any atom is 0.254 e. The molecule has 0 atom stereocenters. The van der Waals surface area contributed by atoms with Gasteiger partial charge in [-0.15, -0.1) is 0 Å². The first-order valence-electron chi connectivity index (χ1n) is 9.87. The molecule has 0 bridgehead atoms. The number of anilines is 2. The summed E-state index contributed by atoms with van der Waals surface area (Å²) in [5.74, 6) is -2.95. The van der Waals surface area contributed by atoms with Crippen molar-refractivity contribution in [2.75, 3.05) is 17.2 Å². The molecule has 3 N–H and O–H groups in total. The predicted octanol–water partition coefficient (Wildman–Crippen LogP) is 3.85. The lowest BCUT2D eigenvalue weighted by Crippen LogP contribution is -2.33. The van der Waals surface area contributed by atoms with Gasteiger partial charge in [0.15, 0.2) is 0 Å². The molecule has 3 amide bonds. The maximum atomic E-state index is 14.1. The average Bonchev–Trinajstić information content (AvgIpc) is 2.75. The number of nitrogens with one attached hydrogen (secondary N) is 3. The van der Waals surface area contributed by atoms with E-state index in [1.54, 1.807) is 0 Å². The fourth-order valence-electron chi connectivity index (χ4n) is 3.40. The molecule has 0 radical (unpaired) electrons. The van der Waals surface area contributed by atoms with E-state index in [1.165, 1.54) is 30.3 Å². The lowest BCUT2D eigenvalue weighted by molar-refractivity contribution is -0.120. The van der Waals surface area contributed by atoms with E-state index in [-0.39, 0.29) is 28.8 Å². The van der Waals surface area contributed by atoms with Gasteiger partial charge in [-0.1, -0.05) is 31.4 Å². The predicted molar refractivity (Wildman–Crippen MR) is 109 cm³/mol. The van der Waals surface area contributed by atoms with Gasteiger partial charge >= 0.3 is 0 Å². The lowest BCUT2D eigenvalue weighted by Gasteiger charge is -2.21. The topological polar surface area (TPSA) is 87.3 Å². The second kappa shape index (κ2) is 9.96. The molecule has 2 aromatic carbocycles. The van der Waals surface area contributed by atoms with Crippen LogP contribution in [0.3, 0.4) is 0 Å². The van der Waals surface area contributed by atoms with E-state index in [4.69, 9.17) is 0 Å². The fourth-order valence-corrected chi connectivity index (χ4v) is 3.40. The van der Waals surface area contributed by atoms with Gasteiger partial charge in [-0.25, -0.2) is 8.78 Å². The fraction of sp³-hybridized carbons (Fsp3) is 0.318. The van der Waals surface area contributed by atoms with Gasteiger partial charge in [-0.2, -0.15) is 0 Å². The molecule has 1 saturated carbocycles. The largest absolute Gasteiger partial charge is 0.343 e. The number of carbonyl (C=O) groups is 3. The molecular weight excluding hydrogens is 392 g/mol. The Kier molecular flexibility index (Phi) is 7.11. The van der Waals surface area contributed by atoms with Gasteiger partial charge in [0.25, 0.3) is 5.91 Å². The summed E-state index contributed by atoms with van der Waals surface area (Å²) < 4.78 is 27.7. The smallest absolute Gasteiger partial charge is 0.254 e. The number of hydrogen-bond acceptors (Lipinski definition) is 3. The summed E-state index contributed by atoms with van der Waals surface area (Å²) in [6.45, 7) is -0.395. The lowest BCUT2D eigenvalue weighted by atomic mass is 9.88. The Morgan fingerprint density at radius 3 is 2.37 bits per heavy atom. The van der Waals surface area contributed by atoms with Crippen molar-refractivity contribution >= 4 is 29.1 Å². The highest BCUT2D eigenvalue weighted by molar-refractivity contribution is 6.00. The standard InChI is InChI=1S/C22H23F2N3O3/c23-17-9-5-4-8-16(17)22(30)25-13-20(28)26-15-10-11-18(24)19(12-15)27-21(29)14-6-2-1-3-7-14/h4-5,8-12,14H,1-3,6-7,13H2,(H,25,30)(H,26,28)(H,27,29). The summed E-state index contributed by atoms with van der Waals surface area (Å²) >= 11 is 0. The summed E-state index contributed by atoms with van der Waals surface area (Å²) in [5, 5.41) is 7.44. The van der Waals surface area contributed by atoms with E-state index in [2.05, 4.69) is 16.0 Å². The molecule has 2 aromatic rings. The molecule has 0 spiro atoms. The molecule has 1 aliphatic rings. The zero-order valence-corrected chi connectivity index (χ0v) is 16.3. The molecule has 3 rings (SSSR count). The van der Waals surface area contributed by atoms with Gasteiger partial charge in [0.1, 0.15) is 11.6 Å². The van der Waals surface area contributed by atoms with Crippen LogP contribution in [0, 0.1) is 17.6 Å². The van der Waals surface area contributed by atoms with Gasteiger partial charge in [0, 0.05) is 11.6 Å². The number of hydrogen-bond donors (Lipinski definition) is 3. The van der Waals surface area contributed by atoms with Gasteiger partial charge in [0.05, 0.1) is 17.8 Å².